The maximum atomic E-state index is 11.0. The molecule has 0 atom stereocenters. The average molecular weight is 191 g/mol. The number of carboxylic acids is 1. The molecule has 0 amide bonds. The summed E-state index contributed by atoms with van der Waals surface area (Å²) >= 11 is 0. The monoisotopic (exact) mass is 191 g/mol. The number of benzene rings is 1. The summed E-state index contributed by atoms with van der Waals surface area (Å²) < 4.78 is 0. The molecule has 14 heavy (non-hydrogen) atoms. The third-order valence-corrected chi connectivity index (χ3v) is 2.52. The van der Waals surface area contributed by atoms with E-state index in [4.69, 9.17) is 5.11 Å². The highest BCUT2D eigenvalue weighted by Gasteiger charge is 2.17. The Morgan fingerprint density at radius 3 is 3.00 bits per heavy atom. The maximum Gasteiger partial charge on any atom is 0.337 e. The van der Waals surface area contributed by atoms with Gasteiger partial charge in [0.25, 0.3) is 0 Å². The largest absolute Gasteiger partial charge is 0.478 e. The van der Waals surface area contributed by atoms with Gasteiger partial charge in [-0.2, -0.15) is 0 Å². The van der Waals surface area contributed by atoms with E-state index in [1.807, 2.05) is 6.92 Å². The first kappa shape index (κ1) is 9.06. The normalized spacial score (nSPS) is 14.4. The lowest BCUT2D eigenvalue weighted by Crippen LogP contribution is -2.16. The standard InChI is InChI=1S/C11H13NO2/c1-7-5-8-3-2-4-12-10(8)9(6-7)11(13)14/h5-6,12H,2-4H2,1H3,(H,13,14). The molecule has 2 N–H and O–H groups in total. The fraction of sp³-hybridized carbons (Fsp3) is 0.364. The number of nitrogens with one attached hydrogen (secondary N) is 1. The fourth-order valence-corrected chi connectivity index (χ4v) is 1.93. The first-order valence-corrected chi connectivity index (χ1v) is 4.79. The molecular weight excluding hydrogens is 178 g/mol. The molecule has 3 heteroatoms. The lowest BCUT2D eigenvalue weighted by molar-refractivity contribution is 0.0697. The van der Waals surface area contributed by atoms with E-state index < -0.39 is 5.97 Å². The van der Waals surface area contributed by atoms with Gasteiger partial charge >= 0.3 is 5.97 Å². The van der Waals surface area contributed by atoms with Crippen molar-refractivity contribution in [3.8, 4) is 0 Å². The number of fused-ring (bicyclic) bond motifs is 1. The number of aryl methyl sites for hydroxylation is 2. The molecule has 1 aliphatic rings. The smallest absolute Gasteiger partial charge is 0.337 e. The van der Waals surface area contributed by atoms with E-state index in [1.165, 1.54) is 0 Å². The van der Waals surface area contributed by atoms with E-state index in [-0.39, 0.29) is 0 Å². The molecule has 0 saturated heterocycles. The minimum absolute atomic E-state index is 0.403. The van der Waals surface area contributed by atoms with Crippen LogP contribution in [0.3, 0.4) is 0 Å². The van der Waals surface area contributed by atoms with Crippen molar-refractivity contribution in [2.24, 2.45) is 0 Å². The summed E-state index contributed by atoms with van der Waals surface area (Å²) in [5.41, 5.74) is 3.37. The second kappa shape index (κ2) is 3.33. The molecule has 1 aromatic rings. The zero-order chi connectivity index (χ0) is 10.1. The van der Waals surface area contributed by atoms with Crippen LogP contribution >= 0.6 is 0 Å². The van der Waals surface area contributed by atoms with Gasteiger partial charge in [-0.05, 0) is 37.0 Å². The van der Waals surface area contributed by atoms with Crippen LogP contribution in [0.1, 0.15) is 27.9 Å². The predicted molar refractivity (Wildman–Crippen MR) is 54.9 cm³/mol. The Bertz CT molecular complexity index is 385. The van der Waals surface area contributed by atoms with E-state index in [9.17, 15) is 4.79 Å². The van der Waals surface area contributed by atoms with Crippen LogP contribution in [0.2, 0.25) is 0 Å². The summed E-state index contributed by atoms with van der Waals surface area (Å²) in [5.74, 6) is -0.848. The van der Waals surface area contributed by atoms with Gasteiger partial charge in [-0.15, -0.1) is 0 Å². The molecule has 0 unspecified atom stereocenters. The number of hydrogen-bond donors (Lipinski definition) is 2. The van der Waals surface area contributed by atoms with Crippen LogP contribution in [0.25, 0.3) is 0 Å². The Kier molecular flexibility index (Phi) is 2.15. The summed E-state index contributed by atoms with van der Waals surface area (Å²) in [6, 6.07) is 3.79. The molecule has 1 aliphatic heterocycles. The fourth-order valence-electron chi connectivity index (χ4n) is 1.93. The van der Waals surface area contributed by atoms with Crippen molar-refractivity contribution in [3.05, 3.63) is 28.8 Å². The Hall–Kier alpha value is -1.51. The first-order valence-electron chi connectivity index (χ1n) is 4.79. The SMILES string of the molecule is Cc1cc2c(c(C(=O)O)c1)NCCC2. The van der Waals surface area contributed by atoms with Crippen LogP contribution in [0.4, 0.5) is 5.69 Å². The quantitative estimate of drug-likeness (QED) is 0.714. The van der Waals surface area contributed by atoms with Crippen LogP contribution in [0, 0.1) is 6.92 Å². The molecule has 0 aromatic heterocycles. The van der Waals surface area contributed by atoms with Crippen LogP contribution in [-0.2, 0) is 6.42 Å². The first-order chi connectivity index (χ1) is 6.68. The highest BCUT2D eigenvalue weighted by Crippen LogP contribution is 2.27. The molecule has 1 aromatic carbocycles. The van der Waals surface area contributed by atoms with Gasteiger partial charge in [-0.3, -0.25) is 0 Å². The Morgan fingerprint density at radius 2 is 2.29 bits per heavy atom. The van der Waals surface area contributed by atoms with Crippen molar-refractivity contribution in [1.29, 1.82) is 0 Å². The summed E-state index contributed by atoms with van der Waals surface area (Å²) in [4.78, 5) is 11.0. The van der Waals surface area contributed by atoms with Crippen molar-refractivity contribution in [2.45, 2.75) is 19.8 Å². The topological polar surface area (TPSA) is 49.3 Å². The molecular formula is C11H13NO2. The molecule has 3 nitrogen and oxygen atoms in total. The average Bonchev–Trinajstić information content (AvgIpc) is 2.16. The van der Waals surface area contributed by atoms with E-state index in [1.54, 1.807) is 6.07 Å². The summed E-state index contributed by atoms with van der Waals surface area (Å²) in [6.07, 6.45) is 2.06. The number of carboxylic acid groups (broad SMARTS) is 1. The molecule has 0 radical (unpaired) electrons. The van der Waals surface area contributed by atoms with Crippen molar-refractivity contribution < 1.29 is 9.90 Å². The maximum absolute atomic E-state index is 11.0. The molecule has 0 fully saturated rings. The molecule has 0 saturated carbocycles. The third-order valence-electron chi connectivity index (χ3n) is 2.52. The van der Waals surface area contributed by atoms with Gasteiger partial charge in [-0.1, -0.05) is 6.07 Å². The van der Waals surface area contributed by atoms with E-state index in [2.05, 4.69) is 11.4 Å². The number of anilines is 1. The molecule has 2 rings (SSSR count). The number of hydrogen-bond acceptors (Lipinski definition) is 2. The lowest BCUT2D eigenvalue weighted by Gasteiger charge is -2.20. The van der Waals surface area contributed by atoms with E-state index in [0.29, 0.717) is 5.56 Å². The third kappa shape index (κ3) is 1.45. The summed E-state index contributed by atoms with van der Waals surface area (Å²) in [5, 5.41) is 12.2. The van der Waals surface area contributed by atoms with Crippen molar-refractivity contribution in [3.63, 3.8) is 0 Å². The minimum Gasteiger partial charge on any atom is -0.478 e. The predicted octanol–water partition coefficient (Wildman–Crippen LogP) is 2.05. The molecule has 0 spiro atoms. The van der Waals surface area contributed by atoms with Gasteiger partial charge < -0.3 is 10.4 Å². The Labute approximate surface area is 82.8 Å². The highest BCUT2D eigenvalue weighted by molar-refractivity contribution is 5.95. The van der Waals surface area contributed by atoms with Crippen molar-refractivity contribution in [1.82, 2.24) is 0 Å². The Balaban J connectivity index is 2.58. The van der Waals surface area contributed by atoms with Crippen LogP contribution in [0.5, 0.6) is 0 Å². The second-order valence-electron chi connectivity index (χ2n) is 3.68. The molecule has 1 heterocycles. The van der Waals surface area contributed by atoms with Crippen molar-refractivity contribution in [2.75, 3.05) is 11.9 Å². The van der Waals surface area contributed by atoms with Gasteiger partial charge in [0, 0.05) is 6.54 Å². The lowest BCUT2D eigenvalue weighted by atomic mass is 9.97. The minimum atomic E-state index is -0.848. The van der Waals surface area contributed by atoms with Crippen LogP contribution in [0.15, 0.2) is 12.1 Å². The van der Waals surface area contributed by atoms with Crippen LogP contribution in [-0.4, -0.2) is 17.6 Å². The second-order valence-corrected chi connectivity index (χ2v) is 3.68. The zero-order valence-electron chi connectivity index (χ0n) is 8.13. The molecule has 0 aliphatic carbocycles. The molecule has 74 valence electrons. The van der Waals surface area contributed by atoms with Crippen molar-refractivity contribution >= 4 is 11.7 Å². The van der Waals surface area contributed by atoms with Gasteiger partial charge in [0.15, 0.2) is 0 Å². The number of aromatic carboxylic acids is 1. The molecule has 0 bridgehead atoms. The van der Waals surface area contributed by atoms with Gasteiger partial charge in [0.1, 0.15) is 0 Å². The van der Waals surface area contributed by atoms with Gasteiger partial charge in [0.2, 0.25) is 0 Å². The highest BCUT2D eigenvalue weighted by atomic mass is 16.4. The summed E-state index contributed by atoms with van der Waals surface area (Å²) in [7, 11) is 0. The Morgan fingerprint density at radius 1 is 1.50 bits per heavy atom. The number of rotatable bonds is 1. The van der Waals surface area contributed by atoms with Gasteiger partial charge in [-0.25, -0.2) is 4.79 Å². The van der Waals surface area contributed by atoms with Gasteiger partial charge in [0.05, 0.1) is 11.3 Å². The zero-order valence-corrected chi connectivity index (χ0v) is 8.13. The van der Waals surface area contributed by atoms with Crippen LogP contribution < -0.4 is 5.32 Å². The number of carbonyl (C=O) groups is 1. The van der Waals surface area contributed by atoms with E-state index in [0.717, 1.165) is 36.2 Å². The van der Waals surface area contributed by atoms with E-state index >= 15 is 0 Å². The summed E-state index contributed by atoms with van der Waals surface area (Å²) in [6.45, 7) is 2.80.